The zero-order chi connectivity index (χ0) is 15.1. The number of hydrogen-bond acceptors (Lipinski definition) is 2. The molecule has 2 N–H and O–H groups in total. The summed E-state index contributed by atoms with van der Waals surface area (Å²) in [5.41, 5.74) is 0. The molecule has 0 aromatic heterocycles. The van der Waals surface area contributed by atoms with Gasteiger partial charge >= 0.3 is 5.97 Å². The molecule has 0 fully saturated rings. The third-order valence-corrected chi connectivity index (χ3v) is 3.53. The van der Waals surface area contributed by atoms with Gasteiger partial charge in [-0.05, 0) is 18.9 Å². The fourth-order valence-corrected chi connectivity index (χ4v) is 2.24. The average Bonchev–Trinajstić information content (AvgIpc) is 2.42. The summed E-state index contributed by atoms with van der Waals surface area (Å²) in [6.07, 6.45) is 16.0. The van der Waals surface area contributed by atoms with Gasteiger partial charge in [0.05, 0.1) is 12.2 Å². The average molecular weight is 284 g/mol. The van der Waals surface area contributed by atoms with Crippen LogP contribution in [0.5, 0.6) is 0 Å². The molecule has 118 valence electrons. The van der Waals surface area contributed by atoms with E-state index in [1.165, 1.54) is 57.8 Å². The molecule has 0 aliphatic rings. The summed E-state index contributed by atoms with van der Waals surface area (Å²) < 4.78 is 0. The van der Waals surface area contributed by atoms with E-state index in [-0.39, 0.29) is 18.6 Å². The Hall–Kier alpha value is -0.990. The monoisotopic (exact) mass is 284 g/mol. The number of unbranched alkanes of at least 4 members (excludes halogenated alkanes) is 10. The maximum atomic E-state index is 10.3. The molecule has 0 atom stereocenters. The minimum absolute atomic E-state index is 0.0143. The number of allylic oxidation sites excluding steroid dienone is 2. The van der Waals surface area contributed by atoms with Crippen molar-refractivity contribution in [3.05, 3.63) is 11.8 Å². The van der Waals surface area contributed by atoms with Crippen molar-refractivity contribution in [2.24, 2.45) is 0 Å². The Labute approximate surface area is 124 Å². The zero-order valence-corrected chi connectivity index (χ0v) is 13.1. The van der Waals surface area contributed by atoms with E-state index in [1.807, 2.05) is 0 Å². The van der Waals surface area contributed by atoms with Gasteiger partial charge in [-0.3, -0.25) is 4.79 Å². The van der Waals surface area contributed by atoms with Gasteiger partial charge in [0.1, 0.15) is 0 Å². The van der Waals surface area contributed by atoms with E-state index in [0.717, 1.165) is 12.8 Å². The summed E-state index contributed by atoms with van der Waals surface area (Å²) in [5, 5.41) is 17.9. The first-order valence-corrected chi connectivity index (χ1v) is 8.26. The lowest BCUT2D eigenvalue weighted by molar-refractivity contribution is -0.137. The zero-order valence-electron chi connectivity index (χ0n) is 13.1. The highest BCUT2D eigenvalue weighted by molar-refractivity contribution is 5.66. The van der Waals surface area contributed by atoms with E-state index >= 15 is 0 Å². The lowest BCUT2D eigenvalue weighted by Gasteiger charge is -2.01. The van der Waals surface area contributed by atoms with Crippen molar-refractivity contribution in [2.75, 3.05) is 0 Å². The lowest BCUT2D eigenvalue weighted by atomic mass is 10.1. The first-order valence-electron chi connectivity index (χ1n) is 8.26. The molecule has 0 aliphatic carbocycles. The summed E-state index contributed by atoms with van der Waals surface area (Å²) in [6, 6.07) is 0. The summed E-state index contributed by atoms with van der Waals surface area (Å²) in [4.78, 5) is 10.3. The summed E-state index contributed by atoms with van der Waals surface area (Å²) >= 11 is 0. The number of rotatable bonds is 14. The predicted octanol–water partition coefficient (Wildman–Crippen LogP) is 5.60. The van der Waals surface area contributed by atoms with Gasteiger partial charge in [0.2, 0.25) is 0 Å². The predicted molar refractivity (Wildman–Crippen MR) is 84.0 cm³/mol. The molecule has 0 aliphatic heterocycles. The molecular weight excluding hydrogens is 252 g/mol. The highest BCUT2D eigenvalue weighted by Crippen LogP contribution is 2.12. The molecule has 0 saturated carbocycles. The molecule has 0 rings (SSSR count). The van der Waals surface area contributed by atoms with Gasteiger partial charge in [-0.2, -0.15) is 0 Å². The van der Waals surface area contributed by atoms with E-state index in [0.29, 0.717) is 0 Å². The SMILES string of the molecule is CCCCCCCCCCCCC=C(O)CCC(=O)O. The topological polar surface area (TPSA) is 57.5 Å². The van der Waals surface area contributed by atoms with Gasteiger partial charge in [-0.1, -0.05) is 64.7 Å². The Morgan fingerprint density at radius 3 is 1.80 bits per heavy atom. The van der Waals surface area contributed by atoms with Crippen LogP contribution in [0, 0.1) is 0 Å². The standard InChI is InChI=1S/C17H32O3/c1-2-3-4-5-6-7-8-9-10-11-12-13-16(18)14-15-17(19)20/h13,18H,2-12,14-15H2,1H3,(H,19,20). The number of hydrogen-bond donors (Lipinski definition) is 2. The van der Waals surface area contributed by atoms with Crippen LogP contribution in [0.1, 0.15) is 90.4 Å². The fourth-order valence-electron chi connectivity index (χ4n) is 2.24. The van der Waals surface area contributed by atoms with Crippen LogP contribution in [0.3, 0.4) is 0 Å². The minimum atomic E-state index is -0.858. The van der Waals surface area contributed by atoms with Gasteiger partial charge in [0.25, 0.3) is 0 Å². The van der Waals surface area contributed by atoms with Crippen LogP contribution in [0.15, 0.2) is 11.8 Å². The molecule has 3 heteroatoms. The molecule has 0 aromatic rings. The van der Waals surface area contributed by atoms with Gasteiger partial charge in [0, 0.05) is 6.42 Å². The van der Waals surface area contributed by atoms with Crippen molar-refractivity contribution in [1.82, 2.24) is 0 Å². The van der Waals surface area contributed by atoms with Crippen LogP contribution < -0.4 is 0 Å². The van der Waals surface area contributed by atoms with E-state index in [1.54, 1.807) is 6.08 Å². The molecule has 3 nitrogen and oxygen atoms in total. The molecule has 0 aromatic carbocycles. The number of carboxylic acids is 1. The number of aliphatic hydroxyl groups is 1. The third kappa shape index (κ3) is 15.1. The second kappa shape index (κ2) is 14.4. The van der Waals surface area contributed by atoms with Crippen LogP contribution in [-0.4, -0.2) is 16.2 Å². The van der Waals surface area contributed by atoms with Crippen LogP contribution in [0.4, 0.5) is 0 Å². The van der Waals surface area contributed by atoms with E-state index < -0.39 is 5.97 Å². The fraction of sp³-hybridized carbons (Fsp3) is 0.824. The summed E-state index contributed by atoms with van der Waals surface area (Å²) in [7, 11) is 0. The van der Waals surface area contributed by atoms with E-state index in [9.17, 15) is 9.90 Å². The van der Waals surface area contributed by atoms with Crippen LogP contribution >= 0.6 is 0 Å². The quantitative estimate of drug-likeness (QED) is 0.322. The smallest absolute Gasteiger partial charge is 0.303 e. The molecule has 0 radical (unpaired) electrons. The molecule has 0 spiro atoms. The van der Waals surface area contributed by atoms with Crippen molar-refractivity contribution >= 4 is 5.97 Å². The second-order valence-corrected chi connectivity index (χ2v) is 5.56. The molecule has 0 saturated heterocycles. The van der Waals surface area contributed by atoms with Gasteiger partial charge in [0.15, 0.2) is 0 Å². The first-order chi connectivity index (χ1) is 9.66. The van der Waals surface area contributed by atoms with Crippen LogP contribution in [0.25, 0.3) is 0 Å². The number of aliphatic carboxylic acids is 1. The highest BCUT2D eigenvalue weighted by Gasteiger charge is 1.99. The lowest BCUT2D eigenvalue weighted by Crippen LogP contribution is -1.95. The second-order valence-electron chi connectivity index (χ2n) is 5.56. The van der Waals surface area contributed by atoms with Crippen molar-refractivity contribution < 1.29 is 15.0 Å². The first kappa shape index (κ1) is 19.0. The molecular formula is C17H32O3. The third-order valence-electron chi connectivity index (χ3n) is 3.53. The number of carboxylic acid groups (broad SMARTS) is 1. The Morgan fingerprint density at radius 1 is 0.800 bits per heavy atom. The highest BCUT2D eigenvalue weighted by atomic mass is 16.4. The van der Waals surface area contributed by atoms with Crippen molar-refractivity contribution in [2.45, 2.75) is 90.4 Å². The largest absolute Gasteiger partial charge is 0.513 e. The van der Waals surface area contributed by atoms with Crippen LogP contribution in [0.2, 0.25) is 0 Å². The Morgan fingerprint density at radius 2 is 1.30 bits per heavy atom. The Bertz CT molecular complexity index is 259. The van der Waals surface area contributed by atoms with Crippen molar-refractivity contribution in [3.8, 4) is 0 Å². The molecule has 0 amide bonds. The summed E-state index contributed by atoms with van der Waals surface area (Å²) in [6.45, 7) is 2.24. The van der Waals surface area contributed by atoms with E-state index in [4.69, 9.17) is 5.11 Å². The molecule has 20 heavy (non-hydrogen) atoms. The Kier molecular flexibility index (Phi) is 13.7. The maximum absolute atomic E-state index is 10.3. The Balaban J connectivity index is 3.23. The van der Waals surface area contributed by atoms with Gasteiger partial charge in [-0.15, -0.1) is 0 Å². The summed E-state index contributed by atoms with van der Waals surface area (Å²) in [5.74, 6) is -0.632. The number of carbonyl (C=O) groups is 1. The van der Waals surface area contributed by atoms with Gasteiger partial charge < -0.3 is 10.2 Å². The van der Waals surface area contributed by atoms with E-state index in [2.05, 4.69) is 6.92 Å². The minimum Gasteiger partial charge on any atom is -0.513 e. The van der Waals surface area contributed by atoms with Crippen molar-refractivity contribution in [3.63, 3.8) is 0 Å². The van der Waals surface area contributed by atoms with Crippen molar-refractivity contribution in [1.29, 1.82) is 0 Å². The number of aliphatic hydroxyl groups excluding tert-OH is 1. The molecule has 0 unspecified atom stereocenters. The van der Waals surface area contributed by atoms with Crippen LogP contribution in [-0.2, 0) is 4.79 Å². The van der Waals surface area contributed by atoms with Gasteiger partial charge in [-0.25, -0.2) is 0 Å². The normalized spacial score (nSPS) is 11.8. The molecule has 0 heterocycles. The molecule has 0 bridgehead atoms. The maximum Gasteiger partial charge on any atom is 0.303 e.